The molecule has 7 atom stereocenters. The molecule has 4 amide bonds. The second-order valence-corrected chi connectivity index (χ2v) is 49.7. The summed E-state index contributed by atoms with van der Waals surface area (Å²) < 4.78 is 0. The van der Waals surface area contributed by atoms with Crippen molar-refractivity contribution >= 4 is 172 Å². The number of hydrogen-bond acceptors (Lipinski definition) is 2. The maximum atomic E-state index is 18.1. The van der Waals surface area contributed by atoms with Gasteiger partial charge in [-0.1, -0.05) is 260 Å². The smallest absolute Gasteiger partial charge is 0.263 e. The Labute approximate surface area is 790 Å². The normalized spacial score (nSPS) is 28.9. The highest BCUT2D eigenvalue weighted by molar-refractivity contribution is 7.02. The van der Waals surface area contributed by atoms with E-state index in [9.17, 15) is 0 Å². The first kappa shape index (κ1) is 80.3. The summed E-state index contributed by atoms with van der Waals surface area (Å²) in [6, 6.07) is 63.4. The highest BCUT2D eigenvalue weighted by Crippen LogP contribution is 2.77. The highest BCUT2D eigenvalue weighted by atomic mass is 16.2. The average molecular weight is 1740 g/mol. The van der Waals surface area contributed by atoms with E-state index in [0.717, 1.165) is 83.0 Å². The Morgan fingerprint density at radius 2 is 0.647 bits per heavy atom. The average Bonchev–Trinajstić information content (AvgIpc) is 1.65. The van der Waals surface area contributed by atoms with E-state index in [0.29, 0.717) is 58.7 Å². The standard InChI is InChI=1S/C123H126B4N4O2/c1-61(2)81-21-19-22-82(62(3)4)111(81)126-95-31-27-72-28-32-96-116-108(72)115(95)128(117(132)129(116)102-54-88-78-49-80-50-79-48-77(59-123(79,80)60-78)86(88)52-98(102)127(96)112-83(63(5)6)23-20-24-84(112)64(7)8)101-53-87-74-46-75-44-73(85(87)51-97(101)126)45-76(47-74)106(75)105-66(10)43-69(13)110(70(105)14)125-94-30-26-71-25-29-93-113-107(71)114(94)131(104-58-92-90(56-100(104)125)120(16)35-39-122(92,18)40-36-120)118(133)130(113)103-57-91-89(119(15)33-37-121(91,17)38-34-119)55-99(103)124(93)109-67(11)41-65(9)42-68(109)12/h19-32,41-43,51-58,61-64,73-80,106H,33-40,44-50,59-60H2,1-18H3. The van der Waals surface area contributed by atoms with Gasteiger partial charge in [0.25, 0.3) is 0 Å². The van der Waals surface area contributed by atoms with Gasteiger partial charge >= 0.3 is 12.1 Å². The Morgan fingerprint density at radius 1 is 0.323 bits per heavy atom. The topological polar surface area (TPSA) is 47.1 Å². The quantitative estimate of drug-likeness (QED) is 0.135. The molecular weight excluding hydrogens is 1610 g/mol. The number of fused-ring (bicyclic) bond motifs is 17. The summed E-state index contributed by atoms with van der Waals surface area (Å²) in [6.45, 7) is 43.8. The van der Waals surface area contributed by atoms with Crippen LogP contribution in [0.5, 0.6) is 0 Å². The lowest BCUT2D eigenvalue weighted by Gasteiger charge is -2.54. The number of carbonyl (C=O) groups is 2. The van der Waals surface area contributed by atoms with Gasteiger partial charge in [-0.15, -0.1) is 0 Å². The molecule has 32 rings (SSSR count). The first-order chi connectivity index (χ1) is 63.9. The van der Waals surface area contributed by atoms with Gasteiger partial charge in [0.15, 0.2) is 0 Å². The molecule has 12 aromatic rings. The van der Waals surface area contributed by atoms with E-state index in [1.807, 2.05) is 0 Å². The minimum atomic E-state index is -0.120. The van der Waals surface area contributed by atoms with Crippen LogP contribution in [-0.2, 0) is 21.7 Å². The monoisotopic (exact) mass is 1740 g/mol. The fourth-order valence-corrected chi connectivity index (χ4v) is 35.6. The summed E-state index contributed by atoms with van der Waals surface area (Å²) in [5.41, 5.74) is 53.5. The van der Waals surface area contributed by atoms with Gasteiger partial charge in [-0.2, -0.15) is 0 Å². The van der Waals surface area contributed by atoms with Gasteiger partial charge in [0.05, 0.1) is 22.7 Å². The van der Waals surface area contributed by atoms with Crippen molar-refractivity contribution in [3.05, 3.63) is 257 Å². The fraction of sp³-hybridized carbons (Fsp3) is 0.431. The molecular formula is C123H126B4N4O2. The van der Waals surface area contributed by atoms with Gasteiger partial charge < -0.3 is 0 Å². The van der Waals surface area contributed by atoms with E-state index < -0.39 is 0 Å². The van der Waals surface area contributed by atoms with Crippen molar-refractivity contribution in [1.29, 1.82) is 0 Å². The summed E-state index contributed by atoms with van der Waals surface area (Å²) in [5.74, 6) is 6.01. The van der Waals surface area contributed by atoms with E-state index >= 15 is 9.59 Å². The molecule has 7 unspecified atom stereocenters. The van der Waals surface area contributed by atoms with Gasteiger partial charge in [-0.25, -0.2) is 9.59 Å². The number of aryl methyl sites for hydroxylation is 5. The van der Waals surface area contributed by atoms with E-state index in [1.54, 1.807) is 22.3 Å². The van der Waals surface area contributed by atoms with E-state index in [-0.39, 0.29) is 72.4 Å². The molecule has 11 bridgehead atoms. The molecule has 20 aliphatic rings. The summed E-state index contributed by atoms with van der Waals surface area (Å²) in [4.78, 5) is 45.0. The number of nitrogens with zero attached hydrogens (tertiary/aromatic N) is 4. The molecule has 6 nitrogen and oxygen atoms in total. The molecule has 662 valence electrons. The van der Waals surface area contributed by atoms with E-state index in [1.165, 1.54) is 254 Å². The molecule has 7 fully saturated rings. The van der Waals surface area contributed by atoms with Crippen LogP contribution in [0.2, 0.25) is 0 Å². The number of benzene rings is 12. The van der Waals surface area contributed by atoms with Crippen molar-refractivity contribution in [2.24, 2.45) is 29.1 Å². The summed E-state index contributed by atoms with van der Waals surface area (Å²) in [6.07, 6.45) is 20.8. The van der Waals surface area contributed by atoms with Gasteiger partial charge in [-0.05, 0) is 411 Å². The van der Waals surface area contributed by atoms with Crippen molar-refractivity contribution < 1.29 is 9.59 Å². The fourth-order valence-electron chi connectivity index (χ4n) is 35.6. The van der Waals surface area contributed by atoms with Crippen LogP contribution in [0.15, 0.2) is 152 Å². The number of urea groups is 2. The van der Waals surface area contributed by atoms with Crippen molar-refractivity contribution in [2.45, 2.75) is 309 Å². The van der Waals surface area contributed by atoms with Gasteiger partial charge in [0.2, 0.25) is 26.9 Å². The number of carbonyl (C=O) groups excluding carboxylic acids is 2. The Balaban J connectivity index is 0.608. The van der Waals surface area contributed by atoms with Crippen LogP contribution < -0.4 is 85.2 Å². The minimum Gasteiger partial charge on any atom is -0.263 e. The number of amides is 4. The zero-order valence-corrected chi connectivity index (χ0v) is 81.9. The molecule has 6 heterocycles. The lowest BCUT2D eigenvalue weighted by molar-refractivity contribution is 0.00322. The summed E-state index contributed by atoms with van der Waals surface area (Å²) in [5, 5.41) is 4.90. The number of hydrogen-bond donors (Lipinski definition) is 0. The summed E-state index contributed by atoms with van der Waals surface area (Å²) in [7, 11) is 0. The molecule has 7 saturated carbocycles. The van der Waals surface area contributed by atoms with Crippen LogP contribution in [-0.4, -0.2) is 38.9 Å². The van der Waals surface area contributed by atoms with Crippen LogP contribution >= 0.6 is 0 Å². The maximum absolute atomic E-state index is 18.1. The molecule has 0 N–H and O–H groups in total. The van der Waals surface area contributed by atoms with Crippen LogP contribution in [0.3, 0.4) is 0 Å². The van der Waals surface area contributed by atoms with E-state index in [2.05, 4.69) is 296 Å². The first-order valence-electron chi connectivity index (χ1n) is 52.6. The molecule has 12 aromatic carbocycles. The molecule has 6 aliphatic heterocycles. The third kappa shape index (κ3) is 9.95. The lowest BCUT2D eigenvalue weighted by atomic mass is 9.32. The van der Waals surface area contributed by atoms with Crippen LogP contribution in [0.4, 0.5) is 55.1 Å². The molecule has 0 radical (unpaired) electrons. The molecule has 1 spiro atoms. The van der Waals surface area contributed by atoms with Gasteiger partial charge in [0.1, 0.15) is 0 Å². The van der Waals surface area contributed by atoms with Crippen molar-refractivity contribution in [1.82, 2.24) is 0 Å². The molecule has 133 heavy (non-hydrogen) atoms. The molecule has 0 aromatic heterocycles. The molecule has 10 heteroatoms. The zero-order chi connectivity index (χ0) is 90.3. The first-order valence-corrected chi connectivity index (χ1v) is 52.6. The summed E-state index contributed by atoms with van der Waals surface area (Å²) >= 11 is 0. The Bertz CT molecular complexity index is 7350. The second-order valence-electron chi connectivity index (χ2n) is 49.7. The van der Waals surface area contributed by atoms with Crippen molar-refractivity contribution in [2.75, 3.05) is 19.6 Å². The Hall–Kier alpha value is -10.0. The SMILES string of the molecule is Cc1cc(C)c(B2c3cc4c(cc3N3C(=O)N5c6cc7c(cc6B(c6c(C)cc(C)c(C8C9CC%10CC8CC(C9)c8cc9c(cc8%10)B(c8c(C(C)C)cccc8C(C)C)c8ccc%10ccc%11c%12c%10c8N9C(=O)N%12c8cc9c(cc8B%11c8c(C(C)C)cccc8C(C)C)C8CC%10CC%11CC9CC%10%11C8)c6C)c6ccc8ccc2c3c8c65)C2(C)CCC7(C)CC2)C2(C)CCC4(C)CC2)c(C)c1. The van der Waals surface area contributed by atoms with Gasteiger partial charge in [-0.3, -0.25) is 19.6 Å². The molecule has 14 aliphatic carbocycles. The second kappa shape index (κ2) is 26.4. The zero-order valence-electron chi connectivity index (χ0n) is 81.9. The number of anilines is 8. The predicted molar refractivity (Wildman–Crippen MR) is 560 cm³/mol. The van der Waals surface area contributed by atoms with Crippen LogP contribution in [0.1, 0.15) is 351 Å². The molecule has 0 saturated heterocycles. The van der Waals surface area contributed by atoms with Crippen molar-refractivity contribution in [3.63, 3.8) is 0 Å². The highest BCUT2D eigenvalue weighted by Gasteiger charge is 2.67. The van der Waals surface area contributed by atoms with Crippen molar-refractivity contribution in [3.8, 4) is 0 Å². The number of rotatable bonds is 9. The van der Waals surface area contributed by atoms with E-state index in [4.69, 9.17) is 0 Å². The largest absolute Gasteiger partial charge is 0.338 e. The third-order valence-corrected chi connectivity index (χ3v) is 41.7. The van der Waals surface area contributed by atoms with Crippen LogP contribution in [0.25, 0.3) is 21.5 Å². The minimum absolute atomic E-state index is 0.0205. The Kier molecular flexibility index (Phi) is 15.9. The maximum Gasteiger partial charge on any atom is 0.338 e. The van der Waals surface area contributed by atoms with Crippen LogP contribution in [0, 0.1) is 70.6 Å². The Morgan fingerprint density at radius 3 is 1.03 bits per heavy atom. The lowest BCUT2D eigenvalue weighted by Crippen LogP contribution is -2.65. The third-order valence-electron chi connectivity index (χ3n) is 41.7. The van der Waals surface area contributed by atoms with Gasteiger partial charge in [0, 0.05) is 33.5 Å². The predicted octanol–water partition coefficient (Wildman–Crippen LogP) is 22.9.